The first-order valence-electron chi connectivity index (χ1n) is 5.45. The van der Waals surface area contributed by atoms with Crippen LogP contribution in [0.25, 0.3) is 0 Å². The molecule has 4 heteroatoms. The van der Waals surface area contributed by atoms with Gasteiger partial charge in [-0.3, -0.25) is 5.32 Å². The van der Waals surface area contributed by atoms with E-state index in [1.54, 1.807) is 25.1 Å². The lowest BCUT2D eigenvalue weighted by molar-refractivity contribution is -0.145. The van der Waals surface area contributed by atoms with Gasteiger partial charge in [-0.15, -0.1) is 6.58 Å². The molecule has 0 fully saturated rings. The van der Waals surface area contributed by atoms with Crippen molar-refractivity contribution in [2.24, 2.45) is 0 Å². The topological polar surface area (TPSA) is 38.3 Å². The van der Waals surface area contributed by atoms with Crippen LogP contribution in [0.15, 0.2) is 36.9 Å². The van der Waals surface area contributed by atoms with Crippen molar-refractivity contribution in [3.8, 4) is 0 Å². The molecule has 17 heavy (non-hydrogen) atoms. The molecule has 0 aliphatic heterocycles. The van der Waals surface area contributed by atoms with Gasteiger partial charge in [0.2, 0.25) is 0 Å². The van der Waals surface area contributed by atoms with E-state index >= 15 is 0 Å². The number of carbonyl (C=O) groups excluding carboxylic acids is 1. The van der Waals surface area contributed by atoms with Gasteiger partial charge in [0, 0.05) is 6.54 Å². The Morgan fingerprint density at radius 2 is 2.41 bits per heavy atom. The second-order valence-corrected chi connectivity index (χ2v) is 3.44. The maximum atomic E-state index is 13.1. The van der Waals surface area contributed by atoms with Crippen LogP contribution in [0.1, 0.15) is 18.5 Å². The van der Waals surface area contributed by atoms with E-state index in [9.17, 15) is 9.18 Å². The van der Waals surface area contributed by atoms with Gasteiger partial charge >= 0.3 is 5.97 Å². The lowest BCUT2D eigenvalue weighted by Gasteiger charge is -2.16. The lowest BCUT2D eigenvalue weighted by atomic mass is 10.1. The smallest absolute Gasteiger partial charge is 0.327 e. The molecule has 0 spiro atoms. The Balaban J connectivity index is 2.88. The molecule has 1 aromatic rings. The molecule has 0 aromatic heterocycles. The van der Waals surface area contributed by atoms with Crippen LogP contribution in [0, 0.1) is 5.82 Å². The molecule has 0 heterocycles. The second-order valence-electron chi connectivity index (χ2n) is 3.44. The fourth-order valence-electron chi connectivity index (χ4n) is 1.45. The molecule has 1 aromatic carbocycles. The molecule has 92 valence electrons. The zero-order valence-electron chi connectivity index (χ0n) is 9.78. The molecule has 0 aliphatic rings. The van der Waals surface area contributed by atoms with Crippen LogP contribution < -0.4 is 5.32 Å². The Morgan fingerprint density at radius 1 is 1.65 bits per heavy atom. The van der Waals surface area contributed by atoms with Gasteiger partial charge in [0.1, 0.15) is 11.9 Å². The zero-order valence-corrected chi connectivity index (χ0v) is 9.78. The van der Waals surface area contributed by atoms with Crippen LogP contribution in [-0.2, 0) is 9.53 Å². The normalized spacial score (nSPS) is 11.9. The van der Waals surface area contributed by atoms with E-state index < -0.39 is 12.0 Å². The molecule has 0 saturated carbocycles. The minimum absolute atomic E-state index is 0.292. The Labute approximate surface area is 100 Å². The van der Waals surface area contributed by atoms with E-state index in [0.29, 0.717) is 18.7 Å². The van der Waals surface area contributed by atoms with Gasteiger partial charge in [0.25, 0.3) is 0 Å². The highest BCUT2D eigenvalue weighted by molar-refractivity contribution is 5.77. The van der Waals surface area contributed by atoms with Crippen LogP contribution in [0.4, 0.5) is 4.39 Å². The minimum Gasteiger partial charge on any atom is -0.465 e. The van der Waals surface area contributed by atoms with Crippen LogP contribution >= 0.6 is 0 Å². The number of benzene rings is 1. The maximum Gasteiger partial charge on any atom is 0.327 e. The number of rotatable bonds is 6. The van der Waals surface area contributed by atoms with Crippen molar-refractivity contribution in [3.63, 3.8) is 0 Å². The number of carbonyl (C=O) groups is 1. The molecular formula is C13H16FNO2. The van der Waals surface area contributed by atoms with Crippen LogP contribution in [0.3, 0.4) is 0 Å². The predicted octanol–water partition coefficient (Wildman–Crippen LogP) is 2.21. The summed E-state index contributed by atoms with van der Waals surface area (Å²) in [5, 5.41) is 2.94. The Bertz CT molecular complexity index is 393. The van der Waals surface area contributed by atoms with Crippen molar-refractivity contribution in [1.29, 1.82) is 0 Å². The molecule has 1 atom stereocenters. The first-order chi connectivity index (χ1) is 8.19. The molecule has 0 amide bonds. The van der Waals surface area contributed by atoms with Crippen molar-refractivity contribution in [1.82, 2.24) is 5.32 Å². The zero-order chi connectivity index (χ0) is 12.7. The summed E-state index contributed by atoms with van der Waals surface area (Å²) in [7, 11) is 0. The van der Waals surface area contributed by atoms with Crippen molar-refractivity contribution < 1.29 is 13.9 Å². The standard InChI is InChI=1S/C13H16FNO2/c1-3-8-15-12(13(16)17-4-2)10-6-5-7-11(14)9-10/h3,5-7,9,12,15H,1,4,8H2,2H3. The van der Waals surface area contributed by atoms with Gasteiger partial charge in [0.15, 0.2) is 0 Å². The van der Waals surface area contributed by atoms with Crippen LogP contribution in [0.5, 0.6) is 0 Å². The van der Waals surface area contributed by atoms with Crippen LogP contribution in [-0.4, -0.2) is 19.1 Å². The number of hydrogen-bond acceptors (Lipinski definition) is 3. The summed E-state index contributed by atoms with van der Waals surface area (Å²) >= 11 is 0. The number of hydrogen-bond donors (Lipinski definition) is 1. The van der Waals surface area contributed by atoms with Gasteiger partial charge in [-0.2, -0.15) is 0 Å². The molecule has 1 N–H and O–H groups in total. The highest BCUT2D eigenvalue weighted by Gasteiger charge is 2.21. The van der Waals surface area contributed by atoms with E-state index in [-0.39, 0.29) is 5.82 Å². The summed E-state index contributed by atoms with van der Waals surface area (Å²) in [6.45, 7) is 6.03. The summed E-state index contributed by atoms with van der Waals surface area (Å²) in [4.78, 5) is 11.7. The first-order valence-corrected chi connectivity index (χ1v) is 5.45. The Kier molecular flexibility index (Phi) is 5.36. The molecular weight excluding hydrogens is 221 g/mol. The Hall–Kier alpha value is -1.68. The third-order valence-corrected chi connectivity index (χ3v) is 2.17. The number of ether oxygens (including phenoxy) is 1. The third-order valence-electron chi connectivity index (χ3n) is 2.17. The summed E-state index contributed by atoms with van der Waals surface area (Å²) in [5.41, 5.74) is 0.547. The molecule has 0 saturated heterocycles. The fraction of sp³-hybridized carbons (Fsp3) is 0.308. The second kappa shape index (κ2) is 6.81. The molecule has 1 rings (SSSR count). The van der Waals surface area contributed by atoms with Crippen molar-refractivity contribution in [3.05, 3.63) is 48.3 Å². The predicted molar refractivity (Wildman–Crippen MR) is 64.0 cm³/mol. The van der Waals surface area contributed by atoms with E-state index in [1.165, 1.54) is 12.1 Å². The van der Waals surface area contributed by atoms with Gasteiger partial charge < -0.3 is 4.74 Å². The maximum absolute atomic E-state index is 13.1. The first kappa shape index (κ1) is 13.4. The van der Waals surface area contributed by atoms with E-state index in [2.05, 4.69) is 11.9 Å². The molecule has 0 bridgehead atoms. The average molecular weight is 237 g/mol. The quantitative estimate of drug-likeness (QED) is 0.609. The monoisotopic (exact) mass is 237 g/mol. The van der Waals surface area contributed by atoms with E-state index in [4.69, 9.17) is 4.74 Å². The van der Waals surface area contributed by atoms with E-state index in [0.717, 1.165) is 0 Å². The summed E-state index contributed by atoms with van der Waals surface area (Å²) in [6, 6.07) is 5.23. The van der Waals surface area contributed by atoms with Crippen molar-refractivity contribution >= 4 is 5.97 Å². The molecule has 0 radical (unpaired) electrons. The highest BCUT2D eigenvalue weighted by atomic mass is 19.1. The summed E-state index contributed by atoms with van der Waals surface area (Å²) in [6.07, 6.45) is 1.63. The van der Waals surface area contributed by atoms with Gasteiger partial charge in [0.05, 0.1) is 6.61 Å². The van der Waals surface area contributed by atoms with Gasteiger partial charge in [-0.25, -0.2) is 9.18 Å². The van der Waals surface area contributed by atoms with Crippen molar-refractivity contribution in [2.45, 2.75) is 13.0 Å². The molecule has 3 nitrogen and oxygen atoms in total. The minimum atomic E-state index is -0.663. The number of nitrogens with one attached hydrogen (secondary N) is 1. The largest absolute Gasteiger partial charge is 0.465 e. The number of halogens is 1. The SMILES string of the molecule is C=CCNC(C(=O)OCC)c1cccc(F)c1. The number of esters is 1. The summed E-state index contributed by atoms with van der Waals surface area (Å²) < 4.78 is 18.0. The van der Waals surface area contributed by atoms with Crippen LogP contribution in [0.2, 0.25) is 0 Å². The fourth-order valence-corrected chi connectivity index (χ4v) is 1.45. The molecule has 1 unspecified atom stereocenters. The molecule has 0 aliphatic carbocycles. The summed E-state index contributed by atoms with van der Waals surface area (Å²) in [5.74, 6) is -0.794. The average Bonchev–Trinajstić information content (AvgIpc) is 2.30. The van der Waals surface area contributed by atoms with Crippen molar-refractivity contribution in [2.75, 3.05) is 13.2 Å². The van der Waals surface area contributed by atoms with Gasteiger partial charge in [-0.1, -0.05) is 18.2 Å². The van der Waals surface area contributed by atoms with Gasteiger partial charge in [-0.05, 0) is 24.6 Å². The Morgan fingerprint density at radius 3 is 3.00 bits per heavy atom. The highest BCUT2D eigenvalue weighted by Crippen LogP contribution is 2.15. The van der Waals surface area contributed by atoms with E-state index in [1.807, 2.05) is 0 Å². The lowest BCUT2D eigenvalue weighted by Crippen LogP contribution is -2.30. The third kappa shape index (κ3) is 4.00.